The van der Waals surface area contributed by atoms with Crippen LogP contribution in [0.25, 0.3) is 11.0 Å². The molecule has 0 N–H and O–H groups in total. The highest BCUT2D eigenvalue weighted by Gasteiger charge is 2.29. The maximum absolute atomic E-state index is 9.05. The van der Waals surface area contributed by atoms with E-state index in [9.17, 15) is 0 Å². The summed E-state index contributed by atoms with van der Waals surface area (Å²) in [5.74, 6) is 1.13. The number of nitriles is 1. The van der Waals surface area contributed by atoms with Crippen LogP contribution in [0, 0.1) is 11.3 Å². The Balaban J connectivity index is 1.72. The van der Waals surface area contributed by atoms with E-state index in [1.54, 1.807) is 0 Å². The fourth-order valence-corrected chi connectivity index (χ4v) is 3.27. The summed E-state index contributed by atoms with van der Waals surface area (Å²) in [5, 5.41) is 9.05. The van der Waals surface area contributed by atoms with E-state index in [4.69, 9.17) is 15.0 Å². The number of fused-ring (bicyclic) bond motifs is 1. The van der Waals surface area contributed by atoms with Crippen molar-refractivity contribution in [1.29, 1.82) is 5.26 Å². The quantitative estimate of drug-likeness (QED) is 0.867. The molecule has 1 aromatic heterocycles. The first-order valence-electron chi connectivity index (χ1n) is 7.88. The first kappa shape index (κ1) is 12.8. The lowest BCUT2D eigenvalue weighted by Crippen LogP contribution is -2.23. The summed E-state index contributed by atoms with van der Waals surface area (Å²) in [6, 6.07) is 8.64. The molecular formula is C17H19N3O. The zero-order chi connectivity index (χ0) is 14.2. The van der Waals surface area contributed by atoms with Gasteiger partial charge in [0.2, 0.25) is 0 Å². The van der Waals surface area contributed by atoms with Gasteiger partial charge in [0, 0.05) is 19.1 Å². The number of nitrogens with zero attached hydrogens (tertiary/aromatic N) is 3. The van der Waals surface area contributed by atoms with E-state index < -0.39 is 0 Å². The van der Waals surface area contributed by atoms with E-state index in [1.165, 1.54) is 31.2 Å². The predicted molar refractivity (Wildman–Crippen MR) is 80.0 cm³/mol. The van der Waals surface area contributed by atoms with Gasteiger partial charge >= 0.3 is 0 Å². The normalized spacial score (nSPS) is 22.3. The Morgan fingerprint density at radius 3 is 2.90 bits per heavy atom. The third kappa shape index (κ3) is 2.43. The van der Waals surface area contributed by atoms with E-state index in [0.29, 0.717) is 17.7 Å². The largest absolute Gasteiger partial charge is 0.378 e. The molecule has 2 fully saturated rings. The number of hydrogen-bond donors (Lipinski definition) is 0. The molecule has 1 aliphatic carbocycles. The van der Waals surface area contributed by atoms with Crippen LogP contribution in [-0.4, -0.2) is 22.3 Å². The highest BCUT2D eigenvalue weighted by atomic mass is 16.5. The lowest BCUT2D eigenvalue weighted by molar-refractivity contribution is 0.0152. The maximum Gasteiger partial charge on any atom is 0.112 e. The number of hydrogen-bond acceptors (Lipinski definition) is 3. The van der Waals surface area contributed by atoms with E-state index in [2.05, 4.69) is 10.6 Å². The molecule has 1 saturated heterocycles. The monoisotopic (exact) mass is 281 g/mol. The van der Waals surface area contributed by atoms with Gasteiger partial charge < -0.3 is 9.30 Å². The van der Waals surface area contributed by atoms with Crippen LogP contribution >= 0.6 is 0 Å². The Kier molecular flexibility index (Phi) is 3.16. The summed E-state index contributed by atoms with van der Waals surface area (Å²) in [6.07, 6.45) is 7.26. The molecule has 21 heavy (non-hydrogen) atoms. The first-order valence-corrected chi connectivity index (χ1v) is 7.88. The molecule has 1 saturated carbocycles. The van der Waals surface area contributed by atoms with Gasteiger partial charge in [-0.3, -0.25) is 0 Å². The van der Waals surface area contributed by atoms with Crippen LogP contribution in [0.3, 0.4) is 0 Å². The van der Waals surface area contributed by atoms with Gasteiger partial charge in [-0.05, 0) is 50.3 Å². The molecule has 1 atom stereocenters. The second-order valence-corrected chi connectivity index (χ2v) is 6.14. The SMILES string of the molecule is N#Cc1ccc2c(c1)nc(CC1CCCCO1)n2C1CC1. The zero-order valence-corrected chi connectivity index (χ0v) is 12.1. The van der Waals surface area contributed by atoms with Gasteiger partial charge in [-0.1, -0.05) is 0 Å². The zero-order valence-electron chi connectivity index (χ0n) is 12.1. The van der Waals surface area contributed by atoms with Gasteiger partial charge in [-0.25, -0.2) is 4.98 Å². The van der Waals surface area contributed by atoms with E-state index in [0.717, 1.165) is 30.8 Å². The first-order chi connectivity index (χ1) is 10.3. The number of benzene rings is 1. The van der Waals surface area contributed by atoms with Crippen molar-refractivity contribution >= 4 is 11.0 Å². The van der Waals surface area contributed by atoms with Crippen LogP contribution < -0.4 is 0 Å². The van der Waals surface area contributed by atoms with Crippen molar-refractivity contribution in [2.75, 3.05) is 6.61 Å². The average Bonchev–Trinajstić information content (AvgIpc) is 3.29. The van der Waals surface area contributed by atoms with Crippen molar-refractivity contribution < 1.29 is 4.74 Å². The van der Waals surface area contributed by atoms with E-state index in [1.807, 2.05) is 18.2 Å². The minimum absolute atomic E-state index is 0.309. The van der Waals surface area contributed by atoms with Crippen LogP contribution in [-0.2, 0) is 11.2 Å². The topological polar surface area (TPSA) is 50.8 Å². The predicted octanol–water partition coefficient (Wildman–Crippen LogP) is 3.35. The molecule has 0 radical (unpaired) electrons. The summed E-state index contributed by atoms with van der Waals surface area (Å²) < 4.78 is 8.26. The number of rotatable bonds is 3. The smallest absolute Gasteiger partial charge is 0.112 e. The lowest BCUT2D eigenvalue weighted by Gasteiger charge is -2.22. The fraction of sp³-hybridized carbons (Fsp3) is 0.529. The summed E-state index contributed by atoms with van der Waals surface area (Å²) in [5.41, 5.74) is 2.80. The summed E-state index contributed by atoms with van der Waals surface area (Å²) >= 11 is 0. The molecule has 0 bridgehead atoms. The molecule has 108 valence electrons. The second-order valence-electron chi connectivity index (χ2n) is 6.14. The molecule has 1 aromatic carbocycles. The van der Waals surface area contributed by atoms with Crippen LogP contribution in [0.15, 0.2) is 18.2 Å². The fourth-order valence-electron chi connectivity index (χ4n) is 3.27. The molecule has 1 aliphatic heterocycles. The Morgan fingerprint density at radius 1 is 1.29 bits per heavy atom. The van der Waals surface area contributed by atoms with Crippen molar-refractivity contribution in [1.82, 2.24) is 9.55 Å². The van der Waals surface area contributed by atoms with Gasteiger partial charge in [0.05, 0.1) is 28.8 Å². The molecular weight excluding hydrogens is 262 g/mol. The van der Waals surface area contributed by atoms with Crippen molar-refractivity contribution in [3.8, 4) is 6.07 Å². The molecule has 4 rings (SSSR count). The standard InChI is InChI=1S/C17H19N3O/c18-11-12-4-7-16-15(9-12)19-17(20(16)13-5-6-13)10-14-3-1-2-8-21-14/h4,7,9,13-14H,1-3,5-6,8,10H2. The van der Waals surface area contributed by atoms with Gasteiger partial charge in [-0.15, -0.1) is 0 Å². The molecule has 2 heterocycles. The number of imidazole rings is 1. The van der Waals surface area contributed by atoms with Crippen molar-refractivity contribution in [3.63, 3.8) is 0 Å². The van der Waals surface area contributed by atoms with Gasteiger partial charge in [0.25, 0.3) is 0 Å². The Bertz CT molecular complexity index is 703. The Morgan fingerprint density at radius 2 is 2.19 bits per heavy atom. The van der Waals surface area contributed by atoms with Crippen LogP contribution in [0.1, 0.15) is 49.5 Å². The van der Waals surface area contributed by atoms with Gasteiger partial charge in [0.1, 0.15) is 5.82 Å². The third-order valence-corrected chi connectivity index (χ3v) is 4.49. The Hall–Kier alpha value is -1.86. The highest BCUT2D eigenvalue weighted by molar-refractivity contribution is 5.78. The van der Waals surface area contributed by atoms with Crippen molar-refractivity contribution in [3.05, 3.63) is 29.6 Å². The second kappa shape index (κ2) is 5.16. The molecule has 0 spiro atoms. The van der Waals surface area contributed by atoms with Crippen LogP contribution in [0.4, 0.5) is 0 Å². The molecule has 2 aromatic rings. The minimum atomic E-state index is 0.309. The van der Waals surface area contributed by atoms with Gasteiger partial charge in [-0.2, -0.15) is 5.26 Å². The molecule has 4 nitrogen and oxygen atoms in total. The van der Waals surface area contributed by atoms with Crippen LogP contribution in [0.2, 0.25) is 0 Å². The van der Waals surface area contributed by atoms with Crippen LogP contribution in [0.5, 0.6) is 0 Å². The Labute approximate surface area is 124 Å². The van der Waals surface area contributed by atoms with Crippen molar-refractivity contribution in [2.24, 2.45) is 0 Å². The maximum atomic E-state index is 9.05. The summed E-state index contributed by atoms with van der Waals surface area (Å²) in [4.78, 5) is 4.81. The molecule has 1 unspecified atom stereocenters. The van der Waals surface area contributed by atoms with Gasteiger partial charge in [0.15, 0.2) is 0 Å². The molecule has 4 heteroatoms. The number of ether oxygens (including phenoxy) is 1. The van der Waals surface area contributed by atoms with Crippen molar-refractivity contribution in [2.45, 2.75) is 50.7 Å². The molecule has 0 amide bonds. The van der Waals surface area contributed by atoms with E-state index in [-0.39, 0.29) is 0 Å². The number of aromatic nitrogens is 2. The summed E-state index contributed by atoms with van der Waals surface area (Å²) in [7, 11) is 0. The lowest BCUT2D eigenvalue weighted by atomic mass is 10.1. The molecule has 2 aliphatic rings. The highest BCUT2D eigenvalue weighted by Crippen LogP contribution is 2.39. The summed E-state index contributed by atoms with van der Waals surface area (Å²) in [6.45, 7) is 0.882. The van der Waals surface area contributed by atoms with E-state index >= 15 is 0 Å². The minimum Gasteiger partial charge on any atom is -0.378 e. The average molecular weight is 281 g/mol. The third-order valence-electron chi connectivity index (χ3n) is 4.49.